The minimum absolute atomic E-state index is 0.0586. The molecule has 16 nitrogen and oxygen atoms in total. The SMILES string of the molecule is COc1ccc(COC[C@H]2O[C@H](O)[C@H](OCc3ccccc3)[C@@H](OCc3ccccc3)[C@@H]2O[C@@H]2O[C@H](COC(C)=O)[C@H](OC(C)=O)[C@H](OC(C)=O)[C@H]2NC(C)=O)cc1. The van der Waals surface area contributed by atoms with Crippen LogP contribution in [0, 0.1) is 0 Å². The molecular formula is C42H51NO15. The number of hydrogen-bond acceptors (Lipinski definition) is 15. The molecular weight excluding hydrogens is 758 g/mol. The van der Waals surface area contributed by atoms with E-state index in [9.17, 15) is 24.3 Å². The van der Waals surface area contributed by atoms with Gasteiger partial charge in [-0.25, -0.2) is 0 Å². The average Bonchev–Trinajstić information content (AvgIpc) is 3.19. The summed E-state index contributed by atoms with van der Waals surface area (Å²) in [7, 11) is 1.57. The first kappa shape index (κ1) is 44.2. The van der Waals surface area contributed by atoms with Crippen molar-refractivity contribution in [2.75, 3.05) is 20.3 Å². The van der Waals surface area contributed by atoms with E-state index in [-0.39, 0.29) is 26.4 Å². The van der Waals surface area contributed by atoms with Crippen molar-refractivity contribution >= 4 is 23.8 Å². The Labute approximate surface area is 336 Å². The van der Waals surface area contributed by atoms with Crippen molar-refractivity contribution in [3.8, 4) is 5.75 Å². The highest BCUT2D eigenvalue weighted by atomic mass is 16.7. The van der Waals surface area contributed by atoms with E-state index in [0.717, 1.165) is 30.5 Å². The van der Waals surface area contributed by atoms with E-state index >= 15 is 0 Å². The van der Waals surface area contributed by atoms with Gasteiger partial charge in [0.1, 0.15) is 48.9 Å². The van der Waals surface area contributed by atoms with Crippen LogP contribution in [0.2, 0.25) is 0 Å². The van der Waals surface area contributed by atoms with Crippen molar-refractivity contribution in [1.29, 1.82) is 0 Å². The molecule has 2 fully saturated rings. The van der Waals surface area contributed by atoms with Crippen LogP contribution in [0.3, 0.4) is 0 Å². The highest BCUT2D eigenvalue weighted by molar-refractivity contribution is 5.73. The zero-order valence-corrected chi connectivity index (χ0v) is 33.1. The number of methoxy groups -OCH3 is 1. The van der Waals surface area contributed by atoms with Gasteiger partial charge in [0.2, 0.25) is 5.91 Å². The number of ether oxygens (including phenoxy) is 10. The second-order valence-electron chi connectivity index (χ2n) is 13.8. The summed E-state index contributed by atoms with van der Waals surface area (Å²) in [5.74, 6) is -2.07. The van der Waals surface area contributed by atoms with Crippen molar-refractivity contribution in [1.82, 2.24) is 5.32 Å². The Morgan fingerprint density at radius 3 is 1.72 bits per heavy atom. The molecule has 0 aliphatic carbocycles. The lowest BCUT2D eigenvalue weighted by Gasteiger charge is -2.49. The second kappa shape index (κ2) is 21.7. The Morgan fingerprint density at radius 1 is 0.621 bits per heavy atom. The lowest BCUT2D eigenvalue weighted by Crippen LogP contribution is -2.69. The molecule has 10 atom stereocenters. The monoisotopic (exact) mass is 809 g/mol. The third-order valence-electron chi connectivity index (χ3n) is 9.25. The van der Waals surface area contributed by atoms with Gasteiger partial charge < -0.3 is 57.8 Å². The Morgan fingerprint density at radius 2 is 1.17 bits per heavy atom. The molecule has 314 valence electrons. The third kappa shape index (κ3) is 12.8. The molecule has 5 rings (SSSR count). The highest BCUT2D eigenvalue weighted by Gasteiger charge is 2.55. The zero-order valence-electron chi connectivity index (χ0n) is 33.1. The molecule has 58 heavy (non-hydrogen) atoms. The quantitative estimate of drug-likeness (QED) is 0.141. The number of nitrogens with one attached hydrogen (secondary N) is 1. The van der Waals surface area contributed by atoms with Crippen molar-refractivity contribution in [2.45, 2.75) is 109 Å². The highest BCUT2D eigenvalue weighted by Crippen LogP contribution is 2.34. The number of benzene rings is 3. The van der Waals surface area contributed by atoms with Crippen molar-refractivity contribution < 1.29 is 71.7 Å². The van der Waals surface area contributed by atoms with Crippen LogP contribution >= 0.6 is 0 Å². The summed E-state index contributed by atoms with van der Waals surface area (Å²) >= 11 is 0. The minimum atomic E-state index is -1.53. The molecule has 2 saturated heterocycles. The summed E-state index contributed by atoms with van der Waals surface area (Å²) in [4.78, 5) is 49.6. The van der Waals surface area contributed by atoms with Crippen LogP contribution in [0.25, 0.3) is 0 Å². The number of amides is 1. The van der Waals surface area contributed by atoms with Crippen LogP contribution in [-0.2, 0) is 81.6 Å². The molecule has 0 radical (unpaired) electrons. The number of hydrogen-bond donors (Lipinski definition) is 2. The molecule has 0 bridgehead atoms. The maximum atomic E-state index is 12.8. The number of carbonyl (C=O) groups is 4. The van der Waals surface area contributed by atoms with Gasteiger partial charge in [-0.2, -0.15) is 0 Å². The predicted molar refractivity (Wildman–Crippen MR) is 202 cm³/mol. The minimum Gasteiger partial charge on any atom is -0.497 e. The van der Waals surface area contributed by atoms with Gasteiger partial charge in [0.15, 0.2) is 24.8 Å². The Bertz CT molecular complexity index is 1760. The normalized spacial score (nSPS) is 26.9. The molecule has 0 saturated carbocycles. The van der Waals surface area contributed by atoms with Gasteiger partial charge >= 0.3 is 17.9 Å². The number of aliphatic hydroxyl groups is 1. The molecule has 0 unspecified atom stereocenters. The van der Waals surface area contributed by atoms with Gasteiger partial charge in [0.25, 0.3) is 0 Å². The Kier molecular flexibility index (Phi) is 16.5. The summed E-state index contributed by atoms with van der Waals surface area (Å²) in [6.45, 7) is 4.42. The van der Waals surface area contributed by atoms with E-state index in [0.29, 0.717) is 5.75 Å². The summed E-state index contributed by atoms with van der Waals surface area (Å²) in [6.07, 6.45) is -11.5. The summed E-state index contributed by atoms with van der Waals surface area (Å²) in [5, 5.41) is 14.3. The molecule has 0 aromatic heterocycles. The first-order valence-corrected chi connectivity index (χ1v) is 18.8. The fraction of sp³-hybridized carbons (Fsp3) is 0.476. The number of carbonyl (C=O) groups excluding carboxylic acids is 4. The van der Waals surface area contributed by atoms with E-state index in [2.05, 4.69) is 5.32 Å². The molecule has 2 aliphatic rings. The first-order chi connectivity index (χ1) is 27.9. The molecule has 16 heteroatoms. The van der Waals surface area contributed by atoms with E-state index in [1.165, 1.54) is 13.8 Å². The second-order valence-corrected chi connectivity index (χ2v) is 13.8. The molecule has 0 spiro atoms. The fourth-order valence-corrected chi connectivity index (χ4v) is 6.67. The standard InChI is InChI=1S/C42H51NO15/c1-25(44)43-35-38(55-28(4)47)36(54-27(3)46)34(24-51-26(2)45)57-42(35)58-37-33(23-50-20-31-16-18-32(49-5)19-17-31)56-41(48)40(53-22-30-14-10-7-11-15-30)39(37)52-21-29-12-8-6-9-13-29/h6-19,33-42,48H,20-24H2,1-5H3,(H,43,44)/t33-,34-,35-,36+,37-,38-,39+,40-,41+,42+/m1/s1. The van der Waals surface area contributed by atoms with Gasteiger partial charge in [-0.15, -0.1) is 0 Å². The number of esters is 3. The molecule has 2 aliphatic heterocycles. The maximum Gasteiger partial charge on any atom is 0.303 e. The molecule has 2 heterocycles. The smallest absolute Gasteiger partial charge is 0.303 e. The van der Waals surface area contributed by atoms with Crippen LogP contribution < -0.4 is 10.1 Å². The van der Waals surface area contributed by atoms with E-state index in [1.807, 2.05) is 72.8 Å². The lowest BCUT2D eigenvalue weighted by atomic mass is 9.94. The van der Waals surface area contributed by atoms with E-state index in [1.54, 1.807) is 19.2 Å². The Balaban J connectivity index is 1.54. The van der Waals surface area contributed by atoms with E-state index < -0.39 is 91.8 Å². The van der Waals surface area contributed by atoms with Gasteiger partial charge in [0.05, 0.1) is 33.5 Å². The number of rotatable bonds is 18. The van der Waals surface area contributed by atoms with Crippen molar-refractivity contribution in [3.63, 3.8) is 0 Å². The van der Waals surface area contributed by atoms with Crippen LogP contribution in [-0.4, -0.2) is 111 Å². The van der Waals surface area contributed by atoms with E-state index in [4.69, 9.17) is 47.4 Å². The first-order valence-electron chi connectivity index (χ1n) is 18.8. The Hall–Kier alpha value is -4.94. The molecule has 3 aromatic carbocycles. The predicted octanol–water partition coefficient (Wildman–Crippen LogP) is 3.14. The molecule has 1 amide bonds. The van der Waals surface area contributed by atoms with Crippen molar-refractivity contribution in [2.24, 2.45) is 0 Å². The fourth-order valence-electron chi connectivity index (χ4n) is 6.67. The molecule has 3 aromatic rings. The van der Waals surface area contributed by atoms with Gasteiger partial charge in [-0.3, -0.25) is 19.2 Å². The van der Waals surface area contributed by atoms with Gasteiger partial charge in [-0.1, -0.05) is 72.8 Å². The summed E-state index contributed by atoms with van der Waals surface area (Å²) < 4.78 is 60.2. The third-order valence-corrected chi connectivity index (χ3v) is 9.25. The van der Waals surface area contributed by atoms with Crippen molar-refractivity contribution in [3.05, 3.63) is 102 Å². The summed E-state index contributed by atoms with van der Waals surface area (Å²) in [6, 6.07) is 24.6. The van der Waals surface area contributed by atoms with Crippen LogP contribution in [0.1, 0.15) is 44.4 Å². The van der Waals surface area contributed by atoms with Crippen LogP contribution in [0.15, 0.2) is 84.9 Å². The topological polar surface area (TPSA) is 193 Å². The zero-order chi connectivity index (χ0) is 41.6. The average molecular weight is 810 g/mol. The summed E-state index contributed by atoms with van der Waals surface area (Å²) in [5.41, 5.74) is 2.45. The largest absolute Gasteiger partial charge is 0.497 e. The maximum absolute atomic E-state index is 12.8. The number of aliphatic hydroxyl groups excluding tert-OH is 1. The van der Waals surface area contributed by atoms with Gasteiger partial charge in [0, 0.05) is 27.7 Å². The molecule has 2 N–H and O–H groups in total. The lowest BCUT2D eigenvalue weighted by molar-refractivity contribution is -0.353. The van der Waals surface area contributed by atoms with Crippen LogP contribution in [0.5, 0.6) is 5.75 Å². The van der Waals surface area contributed by atoms with Crippen LogP contribution in [0.4, 0.5) is 0 Å². The van der Waals surface area contributed by atoms with Gasteiger partial charge in [-0.05, 0) is 28.8 Å².